The van der Waals surface area contributed by atoms with Crippen molar-refractivity contribution < 1.29 is 4.21 Å². The maximum Gasteiger partial charge on any atom is 0.126 e. The lowest BCUT2D eigenvalue weighted by Gasteiger charge is -2.12. The van der Waals surface area contributed by atoms with Gasteiger partial charge < -0.3 is 5.73 Å². The van der Waals surface area contributed by atoms with Crippen LogP contribution in [-0.2, 0) is 9.73 Å². The molecule has 0 fully saturated rings. The van der Waals surface area contributed by atoms with Crippen molar-refractivity contribution in [2.45, 2.75) is 16.0 Å². The Morgan fingerprint density at radius 3 is 1.79 bits per heavy atom. The molecule has 0 spiro atoms. The molecular weight excluding hydrogens is 256 g/mol. The fraction of sp³-hybridized carbons (Fsp3) is 0.0667. The zero-order chi connectivity index (χ0) is 13.7. The molecule has 0 aliphatic heterocycles. The second-order valence-corrected chi connectivity index (χ2v) is 6.19. The Hall–Kier alpha value is -1.91. The van der Waals surface area contributed by atoms with Gasteiger partial charge in [0, 0.05) is 0 Å². The van der Waals surface area contributed by atoms with Crippen molar-refractivity contribution in [2.75, 3.05) is 0 Å². The quantitative estimate of drug-likeness (QED) is 0.870. The Balaban J connectivity index is 2.69. The van der Waals surface area contributed by atoms with E-state index in [0.717, 1.165) is 0 Å². The van der Waals surface area contributed by atoms with E-state index in [1.807, 2.05) is 36.4 Å². The minimum Gasteiger partial charge on any atom is -0.306 e. The average molecular weight is 272 g/mol. The molecule has 98 valence electrons. The molecule has 0 saturated carbocycles. The molecule has 19 heavy (non-hydrogen) atoms. The van der Waals surface area contributed by atoms with Gasteiger partial charge in [0.1, 0.15) is 15.9 Å². The van der Waals surface area contributed by atoms with Crippen molar-refractivity contribution in [3.05, 3.63) is 73.3 Å². The lowest BCUT2D eigenvalue weighted by atomic mass is 10.4. The molecule has 1 unspecified atom stereocenters. The van der Waals surface area contributed by atoms with Gasteiger partial charge in [-0.1, -0.05) is 49.1 Å². The third-order valence-corrected chi connectivity index (χ3v) is 5.00. The van der Waals surface area contributed by atoms with E-state index >= 15 is 0 Å². The monoisotopic (exact) mass is 272 g/mol. The fourth-order valence-electron chi connectivity index (χ4n) is 1.68. The number of rotatable bonds is 4. The molecule has 2 rings (SSSR count). The van der Waals surface area contributed by atoms with Crippen LogP contribution in [0.3, 0.4) is 0 Å². The molecule has 1 atom stereocenters. The van der Waals surface area contributed by atoms with Gasteiger partial charge in [-0.15, -0.1) is 0 Å². The first-order chi connectivity index (χ1) is 9.16. The van der Waals surface area contributed by atoms with Crippen LogP contribution >= 0.6 is 0 Å². The molecule has 4 heteroatoms. The van der Waals surface area contributed by atoms with Gasteiger partial charge >= 0.3 is 0 Å². The van der Waals surface area contributed by atoms with Crippen molar-refractivity contribution in [2.24, 2.45) is 10.1 Å². The van der Waals surface area contributed by atoms with E-state index in [4.69, 9.17) is 5.73 Å². The molecule has 0 saturated heterocycles. The van der Waals surface area contributed by atoms with Crippen LogP contribution in [0.2, 0.25) is 0 Å². The molecule has 0 aliphatic carbocycles. The second kappa shape index (κ2) is 5.82. The molecule has 0 bridgehead atoms. The van der Waals surface area contributed by atoms with E-state index in [1.54, 1.807) is 24.3 Å². The molecule has 0 amide bonds. The standard InChI is InChI=1S/C15H16N2OS/c1-2-15(16)17-19(18,13-9-5-3-6-10-13)14-11-7-4-8-12-14/h2-12,15H,1,16H2. The van der Waals surface area contributed by atoms with Crippen LogP contribution in [0.4, 0.5) is 0 Å². The highest BCUT2D eigenvalue weighted by Crippen LogP contribution is 2.23. The van der Waals surface area contributed by atoms with Crippen LogP contribution in [0.5, 0.6) is 0 Å². The minimum atomic E-state index is -2.73. The predicted octanol–water partition coefficient (Wildman–Crippen LogP) is 3.04. The van der Waals surface area contributed by atoms with E-state index < -0.39 is 15.9 Å². The number of nitrogens with zero attached hydrogens (tertiary/aromatic N) is 1. The maximum atomic E-state index is 13.3. The number of nitrogens with two attached hydrogens (primary N) is 1. The SMILES string of the molecule is C=CC(N)N=S(=O)(c1ccccc1)c1ccccc1. The summed E-state index contributed by atoms with van der Waals surface area (Å²) < 4.78 is 17.5. The van der Waals surface area contributed by atoms with Crippen LogP contribution in [-0.4, -0.2) is 10.4 Å². The molecule has 0 aromatic heterocycles. The van der Waals surface area contributed by atoms with Gasteiger partial charge in [-0.05, 0) is 24.3 Å². The van der Waals surface area contributed by atoms with Gasteiger partial charge in [-0.2, -0.15) is 0 Å². The van der Waals surface area contributed by atoms with E-state index in [0.29, 0.717) is 9.79 Å². The van der Waals surface area contributed by atoms with Crippen molar-refractivity contribution in [1.29, 1.82) is 0 Å². The first-order valence-corrected chi connectivity index (χ1v) is 7.43. The molecule has 2 N–H and O–H groups in total. The predicted molar refractivity (Wildman–Crippen MR) is 78.2 cm³/mol. The zero-order valence-electron chi connectivity index (χ0n) is 10.5. The smallest absolute Gasteiger partial charge is 0.126 e. The van der Waals surface area contributed by atoms with E-state index in [1.165, 1.54) is 6.08 Å². The molecule has 3 nitrogen and oxygen atoms in total. The first kappa shape index (κ1) is 13.5. The second-order valence-electron chi connectivity index (χ2n) is 3.98. The van der Waals surface area contributed by atoms with Crippen LogP contribution in [0.15, 0.2) is 87.5 Å². The highest BCUT2D eigenvalue weighted by molar-refractivity contribution is 7.93. The molecule has 2 aromatic carbocycles. The number of hydrogen-bond acceptors (Lipinski definition) is 3. The first-order valence-electron chi connectivity index (χ1n) is 5.91. The van der Waals surface area contributed by atoms with Gasteiger partial charge in [-0.3, -0.25) is 0 Å². The Bertz CT molecular complexity index is 614. The topological polar surface area (TPSA) is 55.4 Å². The average Bonchev–Trinajstić information content (AvgIpc) is 2.48. The molecule has 0 aliphatic rings. The van der Waals surface area contributed by atoms with Gasteiger partial charge in [0.05, 0.1) is 9.79 Å². The summed E-state index contributed by atoms with van der Waals surface area (Å²) in [6.45, 7) is 3.59. The molecule has 0 radical (unpaired) electrons. The summed E-state index contributed by atoms with van der Waals surface area (Å²) in [7, 11) is -2.73. The summed E-state index contributed by atoms with van der Waals surface area (Å²) in [5.74, 6) is 0. The summed E-state index contributed by atoms with van der Waals surface area (Å²) in [6.07, 6.45) is 0.818. The summed E-state index contributed by atoms with van der Waals surface area (Å²) in [6, 6.07) is 18.3. The molecular formula is C15H16N2OS. The number of benzene rings is 2. The van der Waals surface area contributed by atoms with Gasteiger partial charge in [0.25, 0.3) is 0 Å². The Morgan fingerprint density at radius 1 is 1.00 bits per heavy atom. The summed E-state index contributed by atoms with van der Waals surface area (Å²) >= 11 is 0. The summed E-state index contributed by atoms with van der Waals surface area (Å²) in [4.78, 5) is 1.30. The zero-order valence-corrected chi connectivity index (χ0v) is 11.3. The molecule has 0 heterocycles. The normalized spacial score (nSPS) is 12.7. The van der Waals surface area contributed by atoms with E-state index in [2.05, 4.69) is 10.9 Å². The van der Waals surface area contributed by atoms with Crippen molar-refractivity contribution in [3.8, 4) is 0 Å². The van der Waals surface area contributed by atoms with Crippen LogP contribution in [0, 0.1) is 0 Å². The van der Waals surface area contributed by atoms with Crippen molar-refractivity contribution >= 4 is 9.73 Å². The fourth-order valence-corrected chi connectivity index (χ4v) is 3.68. The van der Waals surface area contributed by atoms with Crippen LogP contribution < -0.4 is 5.73 Å². The maximum absolute atomic E-state index is 13.3. The largest absolute Gasteiger partial charge is 0.306 e. The highest BCUT2D eigenvalue weighted by atomic mass is 32.2. The highest BCUT2D eigenvalue weighted by Gasteiger charge is 2.16. The Labute approximate surface area is 114 Å². The lowest BCUT2D eigenvalue weighted by Crippen LogP contribution is -2.16. The summed E-state index contributed by atoms with van der Waals surface area (Å²) in [5.41, 5.74) is 5.77. The van der Waals surface area contributed by atoms with Gasteiger partial charge in [0.2, 0.25) is 0 Å². The third kappa shape index (κ3) is 2.92. The van der Waals surface area contributed by atoms with E-state index in [-0.39, 0.29) is 0 Å². The van der Waals surface area contributed by atoms with Crippen LogP contribution in [0.1, 0.15) is 0 Å². The van der Waals surface area contributed by atoms with Gasteiger partial charge in [0.15, 0.2) is 0 Å². The van der Waals surface area contributed by atoms with E-state index in [9.17, 15) is 4.21 Å². The Morgan fingerprint density at radius 2 is 1.42 bits per heavy atom. The minimum absolute atomic E-state index is 0.651. The molecule has 2 aromatic rings. The third-order valence-electron chi connectivity index (χ3n) is 2.64. The van der Waals surface area contributed by atoms with Crippen LogP contribution in [0.25, 0.3) is 0 Å². The van der Waals surface area contributed by atoms with Crippen molar-refractivity contribution in [1.82, 2.24) is 0 Å². The lowest BCUT2D eigenvalue weighted by molar-refractivity contribution is 0.671. The van der Waals surface area contributed by atoms with Crippen molar-refractivity contribution in [3.63, 3.8) is 0 Å². The Kier molecular flexibility index (Phi) is 4.14. The summed E-state index contributed by atoms with van der Waals surface area (Å²) in [5, 5.41) is 0. The van der Waals surface area contributed by atoms with Gasteiger partial charge in [-0.25, -0.2) is 8.57 Å². The number of hydrogen-bond donors (Lipinski definition) is 1.